The van der Waals surface area contributed by atoms with Crippen molar-refractivity contribution in [3.63, 3.8) is 0 Å². The van der Waals surface area contributed by atoms with Gasteiger partial charge in [-0.2, -0.15) is 0 Å². The number of nitrogens with two attached hydrogens (primary N) is 1. The maximum Gasteiger partial charge on any atom is 0.0836 e. The second-order valence-corrected chi connectivity index (χ2v) is 3.68. The number of aliphatic hydroxyl groups excluding tert-OH is 1. The van der Waals surface area contributed by atoms with Gasteiger partial charge in [0.05, 0.1) is 6.10 Å². The lowest BCUT2D eigenvalue weighted by molar-refractivity contribution is 0.189. The number of nitrogens with zero attached hydrogens (tertiary/aromatic N) is 1. The van der Waals surface area contributed by atoms with Gasteiger partial charge in [0.15, 0.2) is 0 Å². The molecule has 0 saturated heterocycles. The number of rotatable bonds is 4. The van der Waals surface area contributed by atoms with Crippen LogP contribution in [0.3, 0.4) is 0 Å². The number of hydrogen-bond donors (Lipinski definition) is 2. The van der Waals surface area contributed by atoms with Crippen molar-refractivity contribution >= 4 is 17.3 Å². The van der Waals surface area contributed by atoms with Crippen molar-refractivity contribution in [1.82, 2.24) is 0 Å². The van der Waals surface area contributed by atoms with E-state index in [0.717, 1.165) is 5.69 Å². The molecular formula is C10H15ClN2O. The van der Waals surface area contributed by atoms with E-state index in [4.69, 9.17) is 17.3 Å². The van der Waals surface area contributed by atoms with Gasteiger partial charge in [0.25, 0.3) is 0 Å². The van der Waals surface area contributed by atoms with Gasteiger partial charge in [-0.15, -0.1) is 0 Å². The number of hydrogen-bond acceptors (Lipinski definition) is 3. The fourth-order valence-electron chi connectivity index (χ4n) is 1.19. The first-order valence-corrected chi connectivity index (χ1v) is 4.86. The van der Waals surface area contributed by atoms with E-state index in [-0.39, 0.29) is 6.54 Å². The number of halogens is 1. The van der Waals surface area contributed by atoms with Gasteiger partial charge in [-0.3, -0.25) is 0 Å². The summed E-state index contributed by atoms with van der Waals surface area (Å²) in [6.45, 7) is 0.802. The van der Waals surface area contributed by atoms with Crippen LogP contribution in [-0.2, 0) is 0 Å². The maximum absolute atomic E-state index is 9.35. The zero-order valence-electron chi connectivity index (χ0n) is 8.15. The zero-order chi connectivity index (χ0) is 10.6. The Kier molecular flexibility index (Phi) is 4.20. The molecule has 1 aromatic rings. The summed E-state index contributed by atoms with van der Waals surface area (Å²) in [4.78, 5) is 1.94. The van der Waals surface area contributed by atoms with Crippen LogP contribution in [0.15, 0.2) is 24.3 Å². The first kappa shape index (κ1) is 11.3. The fraction of sp³-hybridized carbons (Fsp3) is 0.400. The van der Waals surface area contributed by atoms with Gasteiger partial charge in [-0.25, -0.2) is 0 Å². The standard InChI is InChI=1S/C10H15ClN2O/c1-13(7-10(14)6-12)9-4-2-8(11)3-5-9/h2-5,10,14H,6-7,12H2,1H3/t10-/m1/s1. The summed E-state index contributed by atoms with van der Waals surface area (Å²) in [5.74, 6) is 0. The van der Waals surface area contributed by atoms with E-state index in [1.807, 2.05) is 36.2 Å². The van der Waals surface area contributed by atoms with E-state index in [9.17, 15) is 5.11 Å². The Balaban J connectivity index is 2.60. The number of likely N-dealkylation sites (N-methyl/N-ethyl adjacent to an activating group) is 1. The molecule has 0 heterocycles. The molecule has 1 atom stereocenters. The summed E-state index contributed by atoms with van der Waals surface area (Å²) in [6.07, 6.45) is -0.490. The second kappa shape index (κ2) is 5.20. The fourth-order valence-corrected chi connectivity index (χ4v) is 1.32. The molecule has 0 bridgehead atoms. The molecule has 4 heteroatoms. The lowest BCUT2D eigenvalue weighted by atomic mass is 10.2. The quantitative estimate of drug-likeness (QED) is 0.789. The highest BCUT2D eigenvalue weighted by atomic mass is 35.5. The zero-order valence-corrected chi connectivity index (χ0v) is 8.91. The highest BCUT2D eigenvalue weighted by molar-refractivity contribution is 6.30. The number of aliphatic hydroxyl groups is 1. The summed E-state index contributed by atoms with van der Waals surface area (Å²) in [5.41, 5.74) is 6.34. The van der Waals surface area contributed by atoms with Crippen molar-refractivity contribution in [3.8, 4) is 0 Å². The van der Waals surface area contributed by atoms with Gasteiger partial charge < -0.3 is 15.7 Å². The van der Waals surface area contributed by atoms with Crippen molar-refractivity contribution in [1.29, 1.82) is 0 Å². The molecule has 78 valence electrons. The smallest absolute Gasteiger partial charge is 0.0836 e. The van der Waals surface area contributed by atoms with Crippen molar-refractivity contribution < 1.29 is 5.11 Å². The molecule has 0 unspecified atom stereocenters. The molecule has 3 N–H and O–H groups in total. The Morgan fingerprint density at radius 3 is 2.50 bits per heavy atom. The van der Waals surface area contributed by atoms with Gasteiger partial charge in [0.2, 0.25) is 0 Å². The minimum Gasteiger partial charge on any atom is -0.390 e. The predicted molar refractivity (Wildman–Crippen MR) is 59.8 cm³/mol. The van der Waals surface area contributed by atoms with Crippen LogP contribution in [0.1, 0.15) is 0 Å². The topological polar surface area (TPSA) is 49.5 Å². The predicted octanol–water partition coefficient (Wildman–Crippen LogP) is 1.10. The van der Waals surface area contributed by atoms with Crippen LogP contribution in [0.25, 0.3) is 0 Å². The highest BCUT2D eigenvalue weighted by Gasteiger charge is 2.06. The SMILES string of the molecule is CN(C[C@H](O)CN)c1ccc(Cl)cc1. The molecule has 0 amide bonds. The van der Waals surface area contributed by atoms with E-state index < -0.39 is 6.10 Å². The van der Waals surface area contributed by atoms with E-state index in [2.05, 4.69) is 0 Å². The molecular weight excluding hydrogens is 200 g/mol. The average Bonchev–Trinajstić information content (AvgIpc) is 2.18. The van der Waals surface area contributed by atoms with Crippen molar-refractivity contribution in [2.45, 2.75) is 6.10 Å². The van der Waals surface area contributed by atoms with Crippen LogP contribution in [0.5, 0.6) is 0 Å². The first-order chi connectivity index (χ1) is 6.63. The monoisotopic (exact) mass is 214 g/mol. The van der Waals surface area contributed by atoms with Gasteiger partial charge in [0.1, 0.15) is 0 Å². The van der Waals surface area contributed by atoms with Crippen molar-refractivity contribution in [2.24, 2.45) is 5.73 Å². The molecule has 3 nitrogen and oxygen atoms in total. The van der Waals surface area contributed by atoms with Gasteiger partial charge in [-0.1, -0.05) is 11.6 Å². The van der Waals surface area contributed by atoms with Crippen LogP contribution >= 0.6 is 11.6 Å². The molecule has 1 aromatic carbocycles. The summed E-state index contributed by atoms with van der Waals surface area (Å²) in [6, 6.07) is 7.46. The molecule has 0 aliphatic rings. The lowest BCUT2D eigenvalue weighted by Gasteiger charge is -2.21. The van der Waals surface area contributed by atoms with Crippen molar-refractivity contribution in [3.05, 3.63) is 29.3 Å². The van der Waals surface area contributed by atoms with E-state index in [1.54, 1.807) is 0 Å². The molecule has 0 aromatic heterocycles. The third-order valence-electron chi connectivity index (χ3n) is 2.02. The van der Waals surface area contributed by atoms with E-state index in [0.29, 0.717) is 11.6 Å². The Hall–Kier alpha value is -0.770. The summed E-state index contributed by atoms with van der Waals surface area (Å²) < 4.78 is 0. The Labute approximate surface area is 89.1 Å². The Morgan fingerprint density at radius 2 is 2.00 bits per heavy atom. The molecule has 0 saturated carbocycles. The average molecular weight is 215 g/mol. The van der Waals surface area contributed by atoms with Gasteiger partial charge >= 0.3 is 0 Å². The molecule has 0 spiro atoms. The summed E-state index contributed by atoms with van der Waals surface area (Å²) in [7, 11) is 1.90. The molecule has 14 heavy (non-hydrogen) atoms. The second-order valence-electron chi connectivity index (χ2n) is 3.25. The number of anilines is 1. The van der Waals surface area contributed by atoms with Crippen LogP contribution in [0.2, 0.25) is 5.02 Å². The Morgan fingerprint density at radius 1 is 1.43 bits per heavy atom. The molecule has 0 aliphatic carbocycles. The lowest BCUT2D eigenvalue weighted by Crippen LogP contribution is -2.34. The molecule has 0 radical (unpaired) electrons. The van der Waals surface area contributed by atoms with E-state index in [1.165, 1.54) is 0 Å². The van der Waals surface area contributed by atoms with Gasteiger partial charge in [-0.05, 0) is 24.3 Å². The van der Waals surface area contributed by atoms with Crippen molar-refractivity contribution in [2.75, 3.05) is 25.0 Å². The molecule has 0 fully saturated rings. The van der Waals surface area contributed by atoms with Crippen LogP contribution in [0.4, 0.5) is 5.69 Å². The third-order valence-corrected chi connectivity index (χ3v) is 2.28. The summed E-state index contributed by atoms with van der Waals surface area (Å²) >= 11 is 5.76. The number of benzene rings is 1. The first-order valence-electron chi connectivity index (χ1n) is 4.48. The largest absolute Gasteiger partial charge is 0.390 e. The van der Waals surface area contributed by atoms with Gasteiger partial charge in [0, 0.05) is 30.8 Å². The van der Waals surface area contributed by atoms with Crippen LogP contribution in [0, 0.1) is 0 Å². The minimum atomic E-state index is -0.490. The maximum atomic E-state index is 9.35. The normalized spacial score (nSPS) is 12.6. The summed E-state index contributed by atoms with van der Waals surface area (Å²) in [5, 5.41) is 10.1. The van der Waals surface area contributed by atoms with Crippen LogP contribution < -0.4 is 10.6 Å². The molecule has 0 aliphatic heterocycles. The Bertz CT molecular complexity index is 276. The van der Waals surface area contributed by atoms with Crippen LogP contribution in [-0.4, -0.2) is 31.3 Å². The third kappa shape index (κ3) is 3.18. The minimum absolute atomic E-state index is 0.276. The van der Waals surface area contributed by atoms with E-state index >= 15 is 0 Å². The highest BCUT2D eigenvalue weighted by Crippen LogP contribution is 2.16. The molecule has 1 rings (SSSR count).